The van der Waals surface area contributed by atoms with Crippen molar-refractivity contribution in [3.63, 3.8) is 0 Å². The maximum atomic E-state index is 13.8. The molecule has 7 heteroatoms. The Labute approximate surface area is 189 Å². The van der Waals surface area contributed by atoms with E-state index in [9.17, 15) is 14.0 Å². The fraction of sp³-hybridized carbons (Fsp3) is 0.440. The number of aryl methyl sites for hydroxylation is 1. The number of ether oxygens (including phenoxy) is 1. The maximum Gasteiger partial charge on any atom is 0.317 e. The van der Waals surface area contributed by atoms with Gasteiger partial charge in [0.15, 0.2) is 0 Å². The van der Waals surface area contributed by atoms with Crippen molar-refractivity contribution in [1.29, 1.82) is 0 Å². The quantitative estimate of drug-likeness (QED) is 0.591. The van der Waals surface area contributed by atoms with Crippen LogP contribution in [0, 0.1) is 18.7 Å². The third kappa shape index (κ3) is 5.78. The van der Waals surface area contributed by atoms with E-state index < -0.39 is 0 Å². The van der Waals surface area contributed by atoms with E-state index >= 15 is 0 Å². The van der Waals surface area contributed by atoms with Crippen LogP contribution in [0.25, 0.3) is 0 Å². The van der Waals surface area contributed by atoms with Gasteiger partial charge in [-0.2, -0.15) is 0 Å². The van der Waals surface area contributed by atoms with Gasteiger partial charge >= 0.3 is 6.03 Å². The number of amides is 3. The molecular formula is C25H32FN3O3. The fourth-order valence-electron chi connectivity index (χ4n) is 4.02. The molecule has 1 heterocycles. The molecule has 1 aliphatic rings. The van der Waals surface area contributed by atoms with Gasteiger partial charge < -0.3 is 20.3 Å². The molecule has 1 aliphatic heterocycles. The lowest BCUT2D eigenvalue weighted by Gasteiger charge is -2.39. The summed E-state index contributed by atoms with van der Waals surface area (Å²) in [6, 6.07) is 11.8. The number of rotatable bonds is 7. The van der Waals surface area contributed by atoms with Gasteiger partial charge in [0, 0.05) is 18.8 Å². The number of anilines is 1. The number of urea groups is 1. The number of nitrogens with one attached hydrogen (secondary N) is 2. The zero-order valence-electron chi connectivity index (χ0n) is 19.0. The van der Waals surface area contributed by atoms with Crippen LogP contribution >= 0.6 is 0 Å². The average molecular weight is 442 g/mol. The second kappa shape index (κ2) is 11.0. The number of piperidine rings is 1. The Morgan fingerprint density at radius 1 is 1.16 bits per heavy atom. The van der Waals surface area contributed by atoms with E-state index in [1.54, 1.807) is 55.3 Å². The Morgan fingerprint density at radius 3 is 2.56 bits per heavy atom. The standard InChI is InChI=1S/C25H32FN3O3/c1-4-5-14-27-25(31)29-16-19(24(30)28-20-8-10-21(32-3)11-9-20)7-13-23(29)18-6-12-22(26)17(2)15-18/h6,8-12,15,19,23H,4-5,7,13-14,16H2,1-3H3,(H,27,31)(H,28,30)/t19-,23-/m1/s1. The molecule has 0 spiro atoms. The monoisotopic (exact) mass is 441 g/mol. The average Bonchev–Trinajstić information content (AvgIpc) is 2.81. The molecule has 32 heavy (non-hydrogen) atoms. The molecule has 0 aliphatic carbocycles. The molecular weight excluding hydrogens is 409 g/mol. The lowest BCUT2D eigenvalue weighted by molar-refractivity contribution is -0.121. The molecule has 3 rings (SSSR count). The lowest BCUT2D eigenvalue weighted by Crippen LogP contribution is -2.49. The van der Waals surface area contributed by atoms with E-state index in [1.165, 1.54) is 6.07 Å². The Morgan fingerprint density at radius 2 is 1.91 bits per heavy atom. The van der Waals surface area contributed by atoms with Gasteiger partial charge in [-0.1, -0.05) is 25.5 Å². The summed E-state index contributed by atoms with van der Waals surface area (Å²) in [5.74, 6) is 0.00959. The van der Waals surface area contributed by atoms with E-state index in [0.717, 1.165) is 18.4 Å². The smallest absolute Gasteiger partial charge is 0.317 e. The Bertz CT molecular complexity index is 933. The normalized spacial score (nSPS) is 18.2. The first-order chi connectivity index (χ1) is 15.4. The van der Waals surface area contributed by atoms with Gasteiger partial charge in [0.05, 0.1) is 19.1 Å². The highest BCUT2D eigenvalue weighted by Gasteiger charge is 2.35. The first-order valence-electron chi connectivity index (χ1n) is 11.2. The van der Waals surface area contributed by atoms with E-state index in [0.29, 0.717) is 42.9 Å². The molecule has 2 atom stereocenters. The first kappa shape index (κ1) is 23.6. The second-order valence-corrected chi connectivity index (χ2v) is 8.25. The van der Waals surface area contributed by atoms with Crippen LogP contribution in [0.2, 0.25) is 0 Å². The predicted molar refractivity (Wildman–Crippen MR) is 123 cm³/mol. The van der Waals surface area contributed by atoms with E-state index in [1.807, 2.05) is 0 Å². The van der Waals surface area contributed by atoms with Gasteiger partial charge in [0.2, 0.25) is 5.91 Å². The number of hydrogen-bond donors (Lipinski definition) is 2. The zero-order chi connectivity index (χ0) is 23.1. The number of benzene rings is 2. The van der Waals surface area contributed by atoms with Gasteiger partial charge in [-0.15, -0.1) is 0 Å². The van der Waals surface area contributed by atoms with E-state index in [4.69, 9.17) is 4.74 Å². The molecule has 3 amide bonds. The first-order valence-corrected chi connectivity index (χ1v) is 11.2. The van der Waals surface area contributed by atoms with Crippen molar-refractivity contribution < 1.29 is 18.7 Å². The predicted octanol–water partition coefficient (Wildman–Crippen LogP) is 5.04. The van der Waals surface area contributed by atoms with Crippen molar-refractivity contribution in [1.82, 2.24) is 10.2 Å². The van der Waals surface area contributed by atoms with Crippen molar-refractivity contribution in [3.05, 3.63) is 59.4 Å². The number of methoxy groups -OCH3 is 1. The molecule has 2 aromatic rings. The summed E-state index contributed by atoms with van der Waals surface area (Å²) in [6.45, 7) is 4.68. The molecule has 172 valence electrons. The van der Waals surface area contributed by atoms with Crippen molar-refractivity contribution >= 4 is 17.6 Å². The molecule has 0 bridgehead atoms. The summed E-state index contributed by atoms with van der Waals surface area (Å²) in [4.78, 5) is 27.7. The van der Waals surface area contributed by atoms with Crippen LogP contribution in [0.15, 0.2) is 42.5 Å². The molecule has 0 unspecified atom stereocenters. The van der Waals surface area contributed by atoms with Crippen LogP contribution in [0.4, 0.5) is 14.9 Å². The highest BCUT2D eigenvalue weighted by atomic mass is 19.1. The minimum absolute atomic E-state index is 0.115. The van der Waals surface area contributed by atoms with Crippen LogP contribution in [-0.2, 0) is 4.79 Å². The molecule has 1 fully saturated rings. The molecule has 0 aromatic heterocycles. The summed E-state index contributed by atoms with van der Waals surface area (Å²) >= 11 is 0. The molecule has 2 aromatic carbocycles. The number of nitrogens with zero attached hydrogens (tertiary/aromatic N) is 1. The topological polar surface area (TPSA) is 70.7 Å². The number of hydrogen-bond acceptors (Lipinski definition) is 3. The molecule has 1 saturated heterocycles. The minimum Gasteiger partial charge on any atom is -0.497 e. The summed E-state index contributed by atoms with van der Waals surface area (Å²) in [7, 11) is 1.59. The van der Waals surface area contributed by atoms with Gasteiger partial charge in [-0.3, -0.25) is 4.79 Å². The van der Waals surface area contributed by atoms with Crippen molar-refractivity contribution in [3.8, 4) is 5.75 Å². The molecule has 0 saturated carbocycles. The summed E-state index contributed by atoms with van der Waals surface area (Å²) < 4.78 is 18.9. The van der Waals surface area contributed by atoms with Crippen LogP contribution in [0.3, 0.4) is 0 Å². The fourth-order valence-corrected chi connectivity index (χ4v) is 4.02. The van der Waals surface area contributed by atoms with Crippen molar-refractivity contribution in [2.45, 2.75) is 45.6 Å². The molecule has 6 nitrogen and oxygen atoms in total. The lowest BCUT2D eigenvalue weighted by atomic mass is 9.88. The minimum atomic E-state index is -0.327. The number of carbonyl (C=O) groups is 2. The number of likely N-dealkylation sites (tertiary alicyclic amines) is 1. The van der Waals surface area contributed by atoms with Crippen LogP contribution in [0.5, 0.6) is 5.75 Å². The van der Waals surface area contributed by atoms with E-state index in [2.05, 4.69) is 17.6 Å². The SMILES string of the molecule is CCCCNC(=O)N1C[C@H](C(=O)Nc2ccc(OC)cc2)CC[C@@H]1c1ccc(F)c(C)c1. The Hall–Kier alpha value is -3.09. The van der Waals surface area contributed by atoms with Crippen molar-refractivity contribution in [2.75, 3.05) is 25.5 Å². The molecule has 0 radical (unpaired) electrons. The third-order valence-corrected chi connectivity index (χ3v) is 5.94. The Balaban J connectivity index is 1.74. The Kier molecular flexibility index (Phi) is 8.09. The summed E-state index contributed by atoms with van der Waals surface area (Å²) in [5.41, 5.74) is 2.13. The molecule has 2 N–H and O–H groups in total. The van der Waals surface area contributed by atoms with Gasteiger partial charge in [-0.25, -0.2) is 9.18 Å². The van der Waals surface area contributed by atoms with E-state index in [-0.39, 0.29) is 29.7 Å². The highest BCUT2D eigenvalue weighted by molar-refractivity contribution is 5.93. The van der Waals surface area contributed by atoms with Crippen LogP contribution in [-0.4, -0.2) is 37.0 Å². The third-order valence-electron chi connectivity index (χ3n) is 5.94. The number of halogens is 1. The summed E-state index contributed by atoms with van der Waals surface area (Å²) in [5, 5.41) is 5.91. The van der Waals surface area contributed by atoms with Gasteiger partial charge in [0.1, 0.15) is 11.6 Å². The second-order valence-electron chi connectivity index (χ2n) is 8.25. The maximum absolute atomic E-state index is 13.8. The van der Waals surface area contributed by atoms with Crippen LogP contribution in [0.1, 0.15) is 49.8 Å². The summed E-state index contributed by atoms with van der Waals surface area (Å²) in [6.07, 6.45) is 3.14. The number of carbonyl (C=O) groups excluding carboxylic acids is 2. The van der Waals surface area contributed by atoms with Gasteiger partial charge in [-0.05, 0) is 67.6 Å². The largest absolute Gasteiger partial charge is 0.497 e. The van der Waals surface area contributed by atoms with Gasteiger partial charge in [0.25, 0.3) is 0 Å². The van der Waals surface area contributed by atoms with Crippen LogP contribution < -0.4 is 15.4 Å². The van der Waals surface area contributed by atoms with Crippen molar-refractivity contribution in [2.24, 2.45) is 5.92 Å². The highest BCUT2D eigenvalue weighted by Crippen LogP contribution is 2.34. The number of unbranched alkanes of at least 4 members (excludes halogenated alkanes) is 1. The zero-order valence-corrected chi connectivity index (χ0v) is 19.0.